The molecule has 0 aliphatic heterocycles. The minimum Gasteiger partial charge on any atom is -0.489 e. The van der Waals surface area contributed by atoms with Gasteiger partial charge in [0.2, 0.25) is 0 Å². The fourth-order valence-electron chi connectivity index (χ4n) is 2.72. The molecule has 0 saturated heterocycles. The fourth-order valence-corrected chi connectivity index (χ4v) is 2.72. The largest absolute Gasteiger partial charge is 0.489 e. The molecule has 1 aromatic heterocycles. The first-order chi connectivity index (χ1) is 13.6. The third-order valence-corrected chi connectivity index (χ3v) is 4.41. The highest BCUT2D eigenvalue weighted by Gasteiger charge is 2.11. The Morgan fingerprint density at radius 2 is 1.43 bits per heavy atom. The van der Waals surface area contributed by atoms with Gasteiger partial charge in [0.25, 0.3) is 0 Å². The highest BCUT2D eigenvalue weighted by Crippen LogP contribution is 2.26. The van der Waals surface area contributed by atoms with Crippen LogP contribution in [0.5, 0.6) is 11.5 Å². The van der Waals surface area contributed by atoms with Crippen molar-refractivity contribution in [2.24, 2.45) is 0 Å². The van der Waals surface area contributed by atoms with Crippen LogP contribution in [-0.4, -0.2) is 4.98 Å². The molecule has 0 N–H and O–H groups in total. The van der Waals surface area contributed by atoms with E-state index in [4.69, 9.17) is 20.0 Å². The van der Waals surface area contributed by atoms with Gasteiger partial charge in [-0.15, -0.1) is 0 Å². The van der Waals surface area contributed by atoms with Crippen LogP contribution < -0.4 is 9.47 Å². The maximum absolute atomic E-state index is 8.88. The van der Waals surface area contributed by atoms with Crippen LogP contribution >= 0.6 is 0 Å². The molecule has 5 heteroatoms. The Labute approximate surface area is 164 Å². The zero-order chi connectivity index (χ0) is 19.9. The first kappa shape index (κ1) is 18.9. The zero-order valence-corrected chi connectivity index (χ0v) is 15.8. The summed E-state index contributed by atoms with van der Waals surface area (Å²) in [4.78, 5) is 4.43. The van der Waals surface area contributed by atoms with E-state index in [0.29, 0.717) is 30.1 Å². The van der Waals surface area contributed by atoms with Crippen LogP contribution in [0.25, 0.3) is 0 Å². The van der Waals surface area contributed by atoms with Gasteiger partial charge in [-0.1, -0.05) is 12.1 Å². The van der Waals surface area contributed by atoms with E-state index in [0.717, 1.165) is 28.1 Å². The molecule has 0 unspecified atom stereocenters. The summed E-state index contributed by atoms with van der Waals surface area (Å²) in [5, 5.41) is 17.7. The highest BCUT2D eigenvalue weighted by atomic mass is 16.5. The topological polar surface area (TPSA) is 78.9 Å². The Morgan fingerprint density at radius 3 is 2.04 bits per heavy atom. The minimum atomic E-state index is 0.359. The van der Waals surface area contributed by atoms with Gasteiger partial charge in [0.15, 0.2) is 0 Å². The molecular formula is C23H19N3O2. The van der Waals surface area contributed by atoms with Crippen LogP contribution in [0.3, 0.4) is 0 Å². The molecule has 0 atom stereocenters. The molecule has 0 bridgehead atoms. The van der Waals surface area contributed by atoms with Crippen molar-refractivity contribution in [2.45, 2.75) is 27.1 Å². The lowest BCUT2D eigenvalue weighted by Gasteiger charge is -2.15. The summed E-state index contributed by atoms with van der Waals surface area (Å²) in [5.74, 6) is 1.43. The van der Waals surface area contributed by atoms with Gasteiger partial charge < -0.3 is 9.47 Å². The molecule has 2 aromatic carbocycles. The summed E-state index contributed by atoms with van der Waals surface area (Å²) in [6, 6.07) is 18.5. The summed E-state index contributed by atoms with van der Waals surface area (Å²) < 4.78 is 11.8. The van der Waals surface area contributed by atoms with Crippen molar-refractivity contribution < 1.29 is 9.47 Å². The zero-order valence-electron chi connectivity index (χ0n) is 15.8. The van der Waals surface area contributed by atoms with Crippen molar-refractivity contribution in [2.75, 3.05) is 0 Å². The van der Waals surface area contributed by atoms with Gasteiger partial charge in [-0.3, -0.25) is 4.98 Å². The van der Waals surface area contributed by atoms with Crippen LogP contribution in [-0.2, 0) is 13.2 Å². The molecule has 0 saturated carbocycles. The summed E-state index contributed by atoms with van der Waals surface area (Å²) in [6.07, 6.45) is 1.79. The first-order valence-electron chi connectivity index (χ1n) is 8.80. The van der Waals surface area contributed by atoms with Gasteiger partial charge in [0, 0.05) is 17.3 Å². The molecule has 3 rings (SSSR count). The monoisotopic (exact) mass is 369 g/mol. The van der Waals surface area contributed by atoms with Gasteiger partial charge in [-0.2, -0.15) is 10.5 Å². The van der Waals surface area contributed by atoms with Crippen molar-refractivity contribution in [1.82, 2.24) is 4.98 Å². The van der Waals surface area contributed by atoms with Crippen molar-refractivity contribution in [3.63, 3.8) is 0 Å². The van der Waals surface area contributed by atoms with Gasteiger partial charge in [0.1, 0.15) is 24.7 Å². The number of pyridine rings is 1. The van der Waals surface area contributed by atoms with Crippen LogP contribution in [0, 0.1) is 36.5 Å². The number of hydrogen-bond acceptors (Lipinski definition) is 5. The number of benzene rings is 2. The van der Waals surface area contributed by atoms with E-state index in [9.17, 15) is 0 Å². The number of aryl methyl sites for hydroxylation is 1. The summed E-state index contributed by atoms with van der Waals surface area (Å²) in [6.45, 7) is 4.65. The minimum absolute atomic E-state index is 0.359. The SMILES string of the molecule is Cc1ncc(COc2ccc(C#N)cc2)c(C)c1OCc1ccc(C#N)cc1. The third-order valence-electron chi connectivity index (χ3n) is 4.41. The average molecular weight is 369 g/mol. The third kappa shape index (κ3) is 4.47. The lowest BCUT2D eigenvalue weighted by Crippen LogP contribution is -2.05. The standard InChI is InChI=1S/C23H19N3O2/c1-16-21(15-27-22-9-7-19(12-25)8-10-22)13-26-17(2)23(16)28-14-20-5-3-18(11-24)4-6-20/h3-10,13H,14-15H2,1-2H3. The normalized spacial score (nSPS) is 10.0. The van der Waals surface area contributed by atoms with E-state index in [1.807, 2.05) is 26.0 Å². The number of rotatable bonds is 6. The molecule has 1 heterocycles. The predicted octanol–water partition coefficient (Wildman–Crippen LogP) is 4.60. The molecule has 28 heavy (non-hydrogen) atoms. The molecule has 0 radical (unpaired) electrons. The van der Waals surface area contributed by atoms with Crippen LogP contribution in [0.15, 0.2) is 54.7 Å². The molecule has 0 amide bonds. The van der Waals surface area contributed by atoms with Crippen molar-refractivity contribution in [1.29, 1.82) is 10.5 Å². The molecule has 0 aliphatic rings. The first-order valence-corrected chi connectivity index (χ1v) is 8.80. The molecule has 0 spiro atoms. The molecule has 0 fully saturated rings. The van der Waals surface area contributed by atoms with E-state index < -0.39 is 0 Å². The van der Waals surface area contributed by atoms with Crippen molar-refractivity contribution in [3.05, 3.63) is 88.2 Å². The van der Waals surface area contributed by atoms with Crippen molar-refractivity contribution in [3.8, 4) is 23.6 Å². The van der Waals surface area contributed by atoms with E-state index in [-0.39, 0.29) is 0 Å². The molecule has 3 aromatic rings. The van der Waals surface area contributed by atoms with Crippen LogP contribution in [0.1, 0.15) is 33.5 Å². The quantitative estimate of drug-likeness (QED) is 0.634. The van der Waals surface area contributed by atoms with E-state index >= 15 is 0 Å². The Morgan fingerprint density at radius 1 is 0.821 bits per heavy atom. The average Bonchev–Trinajstić information content (AvgIpc) is 2.74. The van der Waals surface area contributed by atoms with E-state index in [1.165, 1.54) is 0 Å². The number of aromatic nitrogens is 1. The summed E-state index contributed by atoms with van der Waals surface area (Å²) in [5.41, 5.74) is 4.93. The molecule has 0 aliphatic carbocycles. The smallest absolute Gasteiger partial charge is 0.144 e. The fraction of sp³-hybridized carbons (Fsp3) is 0.174. The summed E-state index contributed by atoms with van der Waals surface area (Å²) in [7, 11) is 0. The lowest BCUT2D eigenvalue weighted by atomic mass is 10.1. The second-order valence-electron chi connectivity index (χ2n) is 6.35. The second kappa shape index (κ2) is 8.70. The summed E-state index contributed by atoms with van der Waals surface area (Å²) >= 11 is 0. The Bertz CT molecular complexity index is 1040. The maximum atomic E-state index is 8.88. The molecule has 5 nitrogen and oxygen atoms in total. The molecular weight excluding hydrogens is 350 g/mol. The number of ether oxygens (including phenoxy) is 2. The number of nitrogens with zero attached hydrogens (tertiary/aromatic N) is 3. The van der Waals surface area contributed by atoms with Crippen LogP contribution in [0.2, 0.25) is 0 Å². The Kier molecular flexibility index (Phi) is 5.89. The van der Waals surface area contributed by atoms with Gasteiger partial charge in [0.05, 0.1) is 29.0 Å². The lowest BCUT2D eigenvalue weighted by molar-refractivity contribution is 0.290. The Balaban J connectivity index is 1.69. The van der Waals surface area contributed by atoms with E-state index in [1.54, 1.807) is 42.6 Å². The number of nitriles is 2. The van der Waals surface area contributed by atoms with Crippen molar-refractivity contribution >= 4 is 0 Å². The Hall–Kier alpha value is -3.83. The number of hydrogen-bond donors (Lipinski definition) is 0. The highest BCUT2D eigenvalue weighted by molar-refractivity contribution is 5.41. The van der Waals surface area contributed by atoms with Gasteiger partial charge in [-0.05, 0) is 55.8 Å². The van der Waals surface area contributed by atoms with Gasteiger partial charge >= 0.3 is 0 Å². The van der Waals surface area contributed by atoms with Crippen LogP contribution in [0.4, 0.5) is 0 Å². The predicted molar refractivity (Wildman–Crippen MR) is 105 cm³/mol. The van der Waals surface area contributed by atoms with Gasteiger partial charge in [-0.25, -0.2) is 0 Å². The molecule has 138 valence electrons. The maximum Gasteiger partial charge on any atom is 0.144 e. The second-order valence-corrected chi connectivity index (χ2v) is 6.35. The van der Waals surface area contributed by atoms with E-state index in [2.05, 4.69) is 17.1 Å².